The van der Waals surface area contributed by atoms with Crippen molar-refractivity contribution in [2.45, 2.75) is 45.5 Å². The number of aryl methyl sites for hydroxylation is 1. The first kappa shape index (κ1) is 31.9. The molecule has 3 aliphatic heterocycles. The lowest BCUT2D eigenvalue weighted by Crippen LogP contribution is -2.53. The number of carbonyl (C=O) groups excluding carboxylic acids is 1. The van der Waals surface area contributed by atoms with E-state index < -0.39 is 6.36 Å². The maximum absolute atomic E-state index is 13.3. The highest BCUT2D eigenvalue weighted by Crippen LogP contribution is 2.38. The van der Waals surface area contributed by atoms with Crippen LogP contribution in [0.5, 0.6) is 11.6 Å². The van der Waals surface area contributed by atoms with Gasteiger partial charge in [-0.1, -0.05) is 12.1 Å². The summed E-state index contributed by atoms with van der Waals surface area (Å²) in [5, 5.41) is 6.25. The minimum Gasteiger partial charge on any atom is -0.477 e. The number of halogens is 3. The summed E-state index contributed by atoms with van der Waals surface area (Å²) < 4.78 is 53.3. The van der Waals surface area contributed by atoms with Gasteiger partial charge in [0.1, 0.15) is 5.75 Å². The number of nitrogens with one attached hydrogen (secondary N) is 2. The molecule has 2 saturated heterocycles. The van der Waals surface area contributed by atoms with Crippen molar-refractivity contribution in [2.24, 2.45) is 5.41 Å². The van der Waals surface area contributed by atoms with Crippen molar-refractivity contribution < 1.29 is 32.2 Å². The van der Waals surface area contributed by atoms with E-state index in [4.69, 9.17) is 14.5 Å². The van der Waals surface area contributed by atoms with Crippen LogP contribution in [0.4, 0.5) is 30.5 Å². The number of carbonyl (C=O) groups is 1. The average Bonchev–Trinajstić information content (AvgIpc) is 3.05. The topological polar surface area (TPSA) is 97.8 Å². The molecule has 0 saturated carbocycles. The number of hydrogen-bond acceptors (Lipinski definition) is 8. The molecule has 0 radical (unpaired) electrons. The Bertz CT molecular complexity index is 1790. The molecule has 0 atom stereocenters. The van der Waals surface area contributed by atoms with Gasteiger partial charge in [0.15, 0.2) is 0 Å². The zero-order valence-electron chi connectivity index (χ0n) is 26.5. The van der Waals surface area contributed by atoms with Crippen LogP contribution in [0.25, 0.3) is 11.3 Å². The van der Waals surface area contributed by atoms with Crippen molar-refractivity contribution in [3.63, 3.8) is 0 Å². The number of anilines is 3. The summed E-state index contributed by atoms with van der Waals surface area (Å²) >= 11 is 0. The maximum Gasteiger partial charge on any atom is 0.573 e. The molecule has 1 amide bonds. The third-order valence-corrected chi connectivity index (χ3v) is 9.06. The van der Waals surface area contributed by atoms with E-state index in [1.54, 1.807) is 24.3 Å². The molecule has 0 aliphatic carbocycles. The Labute approximate surface area is 276 Å². The fourth-order valence-corrected chi connectivity index (χ4v) is 6.60. The highest BCUT2D eigenvalue weighted by molar-refractivity contribution is 6.04. The van der Waals surface area contributed by atoms with Crippen LogP contribution in [0.3, 0.4) is 0 Å². The lowest BCUT2D eigenvalue weighted by molar-refractivity contribution is -0.274. The Morgan fingerprint density at radius 3 is 2.54 bits per heavy atom. The van der Waals surface area contributed by atoms with Crippen LogP contribution in [0.15, 0.2) is 66.7 Å². The monoisotopic (exact) mass is 659 g/mol. The summed E-state index contributed by atoms with van der Waals surface area (Å²) in [4.78, 5) is 25.0. The van der Waals surface area contributed by atoms with Gasteiger partial charge < -0.3 is 24.8 Å². The predicted octanol–water partition coefficient (Wildman–Crippen LogP) is 7.28. The van der Waals surface area contributed by atoms with Gasteiger partial charge in [0.25, 0.3) is 5.91 Å². The van der Waals surface area contributed by atoms with E-state index in [0.29, 0.717) is 46.8 Å². The van der Waals surface area contributed by atoms with Crippen LogP contribution >= 0.6 is 0 Å². The Kier molecular flexibility index (Phi) is 8.69. The van der Waals surface area contributed by atoms with Gasteiger partial charge in [0.2, 0.25) is 11.8 Å². The predicted molar refractivity (Wildman–Crippen MR) is 175 cm³/mol. The third-order valence-electron chi connectivity index (χ3n) is 9.06. The summed E-state index contributed by atoms with van der Waals surface area (Å²) in [6.45, 7) is 7.13. The van der Waals surface area contributed by atoms with Crippen molar-refractivity contribution in [1.29, 1.82) is 0 Å². The second-order valence-electron chi connectivity index (χ2n) is 12.8. The van der Waals surface area contributed by atoms with E-state index in [1.165, 1.54) is 37.1 Å². The summed E-state index contributed by atoms with van der Waals surface area (Å²) in [5.74, 6) is 0.153. The molecule has 2 N–H and O–H groups in total. The molecule has 0 bridgehead atoms. The number of piperidine rings is 1. The molecule has 2 fully saturated rings. The highest BCUT2D eigenvalue weighted by Gasteiger charge is 2.42. The van der Waals surface area contributed by atoms with E-state index >= 15 is 0 Å². The van der Waals surface area contributed by atoms with Gasteiger partial charge >= 0.3 is 6.36 Å². The minimum atomic E-state index is -4.77. The maximum atomic E-state index is 13.3. The average molecular weight is 660 g/mol. The van der Waals surface area contributed by atoms with E-state index in [1.807, 2.05) is 13.0 Å². The van der Waals surface area contributed by atoms with Crippen LogP contribution in [0.1, 0.15) is 46.3 Å². The summed E-state index contributed by atoms with van der Waals surface area (Å²) in [7, 11) is 0. The summed E-state index contributed by atoms with van der Waals surface area (Å²) in [6.07, 6.45) is -0.928. The Balaban J connectivity index is 1.03. The van der Waals surface area contributed by atoms with E-state index in [9.17, 15) is 18.0 Å². The SMILES string of the molecule is Cc1ccc(CN2CCCC3(COC3)C2)cc1NC(=O)c1ccc(Nc2nc3c(c(-c4ccc(OC(F)(F)F)cc4)n2)CCCO3)cc1. The fraction of sp³-hybridized carbons (Fsp3) is 0.361. The molecule has 48 heavy (non-hydrogen) atoms. The van der Waals surface area contributed by atoms with Crippen LogP contribution in [0, 0.1) is 12.3 Å². The van der Waals surface area contributed by atoms with Crippen molar-refractivity contribution in [3.8, 4) is 22.9 Å². The molecular weight excluding hydrogens is 623 g/mol. The normalized spacial score (nSPS) is 17.2. The van der Waals surface area contributed by atoms with Gasteiger partial charge in [-0.15, -0.1) is 13.2 Å². The first-order chi connectivity index (χ1) is 23.1. The molecule has 250 valence electrons. The first-order valence-electron chi connectivity index (χ1n) is 16.1. The fourth-order valence-electron chi connectivity index (χ4n) is 6.60. The molecule has 4 aromatic rings. The number of likely N-dealkylation sites (tertiary alicyclic amines) is 1. The minimum absolute atomic E-state index is 0.219. The molecule has 3 aliphatic rings. The van der Waals surface area contributed by atoms with E-state index in [2.05, 4.69) is 37.4 Å². The standard InChI is InChI=1S/C36H36F3N5O4/c1-23-5-6-24(19-44-16-3-15-35(20-44)21-46-22-35)18-30(23)41-32(45)26-7-11-27(12-8-26)40-34-42-31(29-4-2-17-47-33(29)43-34)25-9-13-28(14-10-25)48-36(37,38)39/h5-14,18H,2-4,15-17,19-22H2,1H3,(H,41,45)(H,40,42,43). The van der Waals surface area contributed by atoms with E-state index in [-0.39, 0.29) is 17.6 Å². The molecule has 1 aromatic heterocycles. The van der Waals surface area contributed by atoms with Crippen molar-refractivity contribution >= 4 is 23.2 Å². The molecule has 12 heteroatoms. The Hall–Kier alpha value is -4.68. The molecule has 0 unspecified atom stereocenters. The number of ether oxygens (including phenoxy) is 3. The van der Waals surface area contributed by atoms with Crippen molar-refractivity contribution in [3.05, 3.63) is 89.0 Å². The number of hydrogen-bond donors (Lipinski definition) is 2. The molecule has 3 aromatic carbocycles. The van der Waals surface area contributed by atoms with Gasteiger partial charge in [-0.25, -0.2) is 4.98 Å². The number of fused-ring (bicyclic) bond motifs is 1. The lowest BCUT2D eigenvalue weighted by atomic mass is 9.78. The number of alkyl halides is 3. The zero-order valence-corrected chi connectivity index (χ0v) is 26.5. The van der Waals surface area contributed by atoms with Crippen molar-refractivity contribution in [1.82, 2.24) is 14.9 Å². The van der Waals surface area contributed by atoms with Crippen LogP contribution in [-0.2, 0) is 17.7 Å². The zero-order chi connectivity index (χ0) is 33.3. The molecular formula is C36H36F3N5O4. The second-order valence-corrected chi connectivity index (χ2v) is 12.8. The summed E-state index contributed by atoms with van der Waals surface area (Å²) in [6, 6.07) is 18.8. The summed E-state index contributed by atoms with van der Waals surface area (Å²) in [5.41, 5.74) is 6.34. The third kappa shape index (κ3) is 7.24. The smallest absolute Gasteiger partial charge is 0.477 e. The van der Waals surface area contributed by atoms with Crippen LogP contribution in [0.2, 0.25) is 0 Å². The van der Waals surface area contributed by atoms with Crippen molar-refractivity contribution in [2.75, 3.05) is 43.5 Å². The second kappa shape index (κ2) is 13.1. The number of benzene rings is 3. The Morgan fingerprint density at radius 2 is 1.81 bits per heavy atom. The van der Waals surface area contributed by atoms with Gasteiger partial charge in [0.05, 0.1) is 25.5 Å². The van der Waals surface area contributed by atoms with Gasteiger partial charge in [-0.05, 0) is 105 Å². The largest absolute Gasteiger partial charge is 0.573 e. The number of rotatable bonds is 8. The van der Waals surface area contributed by atoms with Crippen LogP contribution < -0.4 is 20.1 Å². The van der Waals surface area contributed by atoms with Gasteiger partial charge in [-0.2, -0.15) is 4.98 Å². The molecule has 4 heterocycles. The van der Waals surface area contributed by atoms with Gasteiger partial charge in [-0.3, -0.25) is 9.69 Å². The molecule has 7 rings (SSSR count). The number of amides is 1. The quantitative estimate of drug-likeness (QED) is 0.204. The lowest BCUT2D eigenvalue weighted by Gasteiger charge is -2.48. The number of aromatic nitrogens is 2. The van der Waals surface area contributed by atoms with Gasteiger partial charge in [0, 0.05) is 46.6 Å². The molecule has 9 nitrogen and oxygen atoms in total. The molecule has 1 spiro atoms. The first-order valence-corrected chi connectivity index (χ1v) is 16.1. The highest BCUT2D eigenvalue weighted by atomic mass is 19.4. The van der Waals surface area contributed by atoms with E-state index in [0.717, 1.165) is 61.6 Å². The van der Waals surface area contributed by atoms with Crippen LogP contribution in [-0.4, -0.2) is 60.0 Å². The Morgan fingerprint density at radius 1 is 1.02 bits per heavy atom. The number of nitrogens with zero attached hydrogens (tertiary/aromatic N) is 3.